The molecule has 0 aromatic rings. The van der Waals surface area contributed by atoms with Gasteiger partial charge in [0.2, 0.25) is 0 Å². The Morgan fingerprint density at radius 3 is 2.55 bits per heavy atom. The lowest BCUT2D eigenvalue weighted by atomic mass is 9.88. The lowest BCUT2D eigenvalue weighted by Gasteiger charge is -2.51. The van der Waals surface area contributed by atoms with Gasteiger partial charge in [-0.25, -0.2) is 0 Å². The molecule has 1 saturated carbocycles. The van der Waals surface area contributed by atoms with Gasteiger partial charge in [0.15, 0.2) is 0 Å². The van der Waals surface area contributed by atoms with Crippen molar-refractivity contribution in [3.05, 3.63) is 0 Å². The second-order valence-electron chi connectivity index (χ2n) is 7.43. The molecule has 4 atom stereocenters. The molecule has 2 heterocycles. The van der Waals surface area contributed by atoms with Crippen LogP contribution in [-0.4, -0.2) is 59.1 Å². The van der Waals surface area contributed by atoms with Crippen LogP contribution in [0.1, 0.15) is 52.4 Å². The molecular weight excluding hydrogens is 264 g/mol. The lowest BCUT2D eigenvalue weighted by molar-refractivity contribution is -0.00787. The number of rotatable bonds is 3. The normalized spacial score (nSPS) is 40.2. The molecule has 0 spiro atoms. The third-order valence-corrected chi connectivity index (χ3v) is 7.09. The maximum atomic E-state index is 2.96. The van der Waals surface area contributed by atoms with E-state index in [9.17, 15) is 0 Å². The molecule has 4 unspecified atom stereocenters. The molecule has 3 aliphatic rings. The quantitative estimate of drug-likeness (QED) is 0.787. The van der Waals surface area contributed by atoms with Gasteiger partial charge in [-0.05, 0) is 44.4 Å². The molecule has 0 aromatic heterocycles. The van der Waals surface area contributed by atoms with E-state index in [-0.39, 0.29) is 0 Å². The average molecular weight is 297 g/mol. The summed E-state index contributed by atoms with van der Waals surface area (Å²) in [5.41, 5.74) is 0. The summed E-state index contributed by atoms with van der Waals surface area (Å²) in [6.45, 7) is 8.92. The first-order valence-corrected chi connectivity index (χ1v) is 10.0. The second-order valence-corrected chi connectivity index (χ2v) is 8.50. The predicted octanol–water partition coefficient (Wildman–Crippen LogP) is 3.47. The van der Waals surface area contributed by atoms with E-state index >= 15 is 0 Å². The predicted molar refractivity (Wildman–Crippen MR) is 89.5 cm³/mol. The minimum atomic E-state index is 0.793. The molecule has 1 aliphatic carbocycles. The number of fused-ring (bicyclic) bond motifs is 1. The van der Waals surface area contributed by atoms with Crippen LogP contribution in [0.3, 0.4) is 0 Å². The molecule has 0 amide bonds. The molecule has 0 bridgehead atoms. The number of thioether (sulfide) groups is 1. The van der Waals surface area contributed by atoms with E-state index in [0.29, 0.717) is 0 Å². The highest BCUT2D eigenvalue weighted by atomic mass is 32.2. The summed E-state index contributed by atoms with van der Waals surface area (Å²) < 4.78 is 0. The smallest absolute Gasteiger partial charge is 0.0250 e. The largest absolute Gasteiger partial charge is 0.298 e. The number of nitrogens with zero attached hydrogens (tertiary/aromatic N) is 2. The van der Waals surface area contributed by atoms with Crippen molar-refractivity contribution in [2.24, 2.45) is 5.92 Å². The van der Waals surface area contributed by atoms with Gasteiger partial charge in [-0.2, -0.15) is 11.8 Å². The summed E-state index contributed by atoms with van der Waals surface area (Å²) in [6, 6.07) is 2.52. The van der Waals surface area contributed by atoms with E-state index in [2.05, 4.69) is 41.7 Å². The minimum absolute atomic E-state index is 0.793. The Kier molecular flexibility index (Phi) is 4.99. The Morgan fingerprint density at radius 2 is 1.80 bits per heavy atom. The molecule has 116 valence electrons. The van der Waals surface area contributed by atoms with Crippen LogP contribution >= 0.6 is 11.8 Å². The Hall–Kier alpha value is 0.270. The number of hydrogen-bond donors (Lipinski definition) is 0. The molecule has 20 heavy (non-hydrogen) atoms. The maximum Gasteiger partial charge on any atom is 0.0250 e. The van der Waals surface area contributed by atoms with E-state index < -0.39 is 0 Å². The highest BCUT2D eigenvalue weighted by molar-refractivity contribution is 7.99. The van der Waals surface area contributed by atoms with Crippen molar-refractivity contribution < 1.29 is 0 Å². The van der Waals surface area contributed by atoms with Gasteiger partial charge >= 0.3 is 0 Å². The molecule has 3 rings (SSSR count). The second kappa shape index (κ2) is 6.58. The number of piperazine rings is 1. The van der Waals surface area contributed by atoms with E-state index in [0.717, 1.165) is 29.3 Å². The first kappa shape index (κ1) is 15.2. The first-order valence-electron chi connectivity index (χ1n) is 8.73. The summed E-state index contributed by atoms with van der Waals surface area (Å²) in [6.07, 6.45) is 11.0. The highest BCUT2D eigenvalue weighted by Crippen LogP contribution is 2.36. The summed E-state index contributed by atoms with van der Waals surface area (Å²) in [5.74, 6) is 0.793. The third kappa shape index (κ3) is 2.91. The Bertz CT molecular complexity index is 320. The van der Waals surface area contributed by atoms with Crippen LogP contribution in [0.25, 0.3) is 0 Å². The van der Waals surface area contributed by atoms with Crippen molar-refractivity contribution in [2.75, 3.05) is 25.9 Å². The Morgan fingerprint density at radius 1 is 1.00 bits per heavy atom. The fourth-order valence-corrected chi connectivity index (χ4v) is 5.78. The van der Waals surface area contributed by atoms with Gasteiger partial charge in [0, 0.05) is 36.5 Å². The van der Waals surface area contributed by atoms with Gasteiger partial charge in [-0.1, -0.05) is 26.7 Å². The molecular formula is C17H32N2S. The van der Waals surface area contributed by atoms with Crippen molar-refractivity contribution in [3.63, 3.8) is 0 Å². The molecule has 0 radical (unpaired) electrons. The fraction of sp³-hybridized carbons (Fsp3) is 1.00. The van der Waals surface area contributed by atoms with Crippen LogP contribution in [0, 0.1) is 5.92 Å². The van der Waals surface area contributed by atoms with Crippen LogP contribution < -0.4 is 0 Å². The van der Waals surface area contributed by atoms with E-state index in [4.69, 9.17) is 0 Å². The van der Waals surface area contributed by atoms with Crippen molar-refractivity contribution in [2.45, 2.75) is 75.7 Å². The lowest BCUT2D eigenvalue weighted by Crippen LogP contribution is -2.62. The Labute approximate surface area is 129 Å². The monoisotopic (exact) mass is 296 g/mol. The topological polar surface area (TPSA) is 6.48 Å². The average Bonchev–Trinajstić information content (AvgIpc) is 2.93. The van der Waals surface area contributed by atoms with Gasteiger partial charge < -0.3 is 0 Å². The molecule has 2 aliphatic heterocycles. The summed E-state index contributed by atoms with van der Waals surface area (Å²) in [5, 5.41) is 0.887. The molecule has 3 fully saturated rings. The van der Waals surface area contributed by atoms with Crippen LogP contribution in [-0.2, 0) is 0 Å². The van der Waals surface area contributed by atoms with Crippen LogP contribution in [0.2, 0.25) is 0 Å². The summed E-state index contributed by atoms with van der Waals surface area (Å²) in [4.78, 5) is 5.75. The first-order chi connectivity index (χ1) is 9.70. The van der Waals surface area contributed by atoms with Gasteiger partial charge in [0.1, 0.15) is 0 Å². The summed E-state index contributed by atoms with van der Waals surface area (Å²) in [7, 11) is 0. The van der Waals surface area contributed by atoms with E-state index in [1.54, 1.807) is 0 Å². The highest BCUT2D eigenvalue weighted by Gasteiger charge is 2.42. The zero-order valence-electron chi connectivity index (χ0n) is 13.6. The van der Waals surface area contributed by atoms with Crippen molar-refractivity contribution in [1.82, 2.24) is 9.80 Å². The van der Waals surface area contributed by atoms with Crippen LogP contribution in [0.15, 0.2) is 0 Å². The zero-order valence-corrected chi connectivity index (χ0v) is 14.4. The zero-order chi connectivity index (χ0) is 14.1. The summed E-state index contributed by atoms with van der Waals surface area (Å²) >= 11 is 2.13. The third-order valence-electron chi connectivity index (χ3n) is 5.93. The van der Waals surface area contributed by atoms with Crippen LogP contribution in [0.5, 0.6) is 0 Å². The maximum absolute atomic E-state index is 2.96. The van der Waals surface area contributed by atoms with Gasteiger partial charge in [0.05, 0.1) is 0 Å². The van der Waals surface area contributed by atoms with Gasteiger partial charge in [-0.3, -0.25) is 9.80 Å². The van der Waals surface area contributed by atoms with Crippen molar-refractivity contribution >= 4 is 11.8 Å². The van der Waals surface area contributed by atoms with Crippen LogP contribution in [0.4, 0.5) is 0 Å². The molecule has 3 heteroatoms. The minimum Gasteiger partial charge on any atom is -0.298 e. The standard InChI is InChI=1S/C17H32N2S/c1-13(2)16-12-18-10-6-7-14(18)11-19(16)15-8-4-5-9-17(15)20-3/h13-17H,4-12H2,1-3H3. The SMILES string of the molecule is CSC1CCCCC1N1CC2CCCN2CC1C(C)C. The molecule has 2 nitrogen and oxygen atoms in total. The van der Waals surface area contributed by atoms with Crippen molar-refractivity contribution in [3.8, 4) is 0 Å². The Balaban J connectivity index is 1.76. The molecule has 0 aromatic carbocycles. The van der Waals surface area contributed by atoms with Gasteiger partial charge in [-0.15, -0.1) is 0 Å². The van der Waals surface area contributed by atoms with Crippen molar-refractivity contribution in [1.29, 1.82) is 0 Å². The molecule has 2 saturated heterocycles. The van der Waals surface area contributed by atoms with Gasteiger partial charge in [0.25, 0.3) is 0 Å². The molecule has 0 N–H and O–H groups in total. The number of hydrogen-bond acceptors (Lipinski definition) is 3. The fourth-order valence-electron chi connectivity index (χ4n) is 4.77. The van der Waals surface area contributed by atoms with E-state index in [1.807, 2.05) is 0 Å². The van der Waals surface area contributed by atoms with E-state index in [1.165, 1.54) is 58.2 Å².